The first-order valence-electron chi connectivity index (χ1n) is 7.44. The standard InChI is InChI=1S/C14H16N8O/c1-2-11(8-15-3-1)13-18-12(23-20-13)9-21-4-6-22(7-5-21)14-16-10-17-19-14/h1-3,8,10H,4-7,9H2,(H,16,17,19). The van der Waals surface area contributed by atoms with Gasteiger partial charge in [-0.2, -0.15) is 15.1 Å². The molecular weight excluding hydrogens is 296 g/mol. The maximum atomic E-state index is 5.35. The molecule has 1 aliphatic rings. The van der Waals surface area contributed by atoms with Crippen LogP contribution in [-0.2, 0) is 6.54 Å². The number of nitrogens with zero attached hydrogens (tertiary/aromatic N) is 7. The minimum absolute atomic E-state index is 0.577. The van der Waals surface area contributed by atoms with Crippen LogP contribution in [0.1, 0.15) is 5.89 Å². The third-order valence-corrected chi connectivity index (χ3v) is 3.82. The molecule has 4 heterocycles. The highest BCUT2D eigenvalue weighted by Crippen LogP contribution is 2.16. The Bertz CT molecular complexity index is 733. The molecule has 0 radical (unpaired) electrons. The number of hydrogen-bond acceptors (Lipinski definition) is 8. The normalized spacial score (nSPS) is 15.9. The summed E-state index contributed by atoms with van der Waals surface area (Å²) < 4.78 is 5.35. The summed E-state index contributed by atoms with van der Waals surface area (Å²) in [5.74, 6) is 2.02. The molecule has 0 aliphatic carbocycles. The molecule has 0 spiro atoms. The van der Waals surface area contributed by atoms with Gasteiger partial charge in [0.25, 0.3) is 0 Å². The van der Waals surface area contributed by atoms with Crippen LogP contribution in [0.5, 0.6) is 0 Å². The number of piperazine rings is 1. The van der Waals surface area contributed by atoms with Gasteiger partial charge in [0.15, 0.2) is 0 Å². The maximum absolute atomic E-state index is 5.35. The lowest BCUT2D eigenvalue weighted by Gasteiger charge is -2.33. The lowest BCUT2D eigenvalue weighted by atomic mass is 10.3. The summed E-state index contributed by atoms with van der Waals surface area (Å²) in [6, 6.07) is 3.77. The number of hydrogen-bond donors (Lipinski definition) is 1. The fraction of sp³-hybridized carbons (Fsp3) is 0.357. The molecule has 3 aromatic rings. The SMILES string of the molecule is c1cncc(-c2noc(CN3CCN(c4ncn[nH]4)CC3)n2)c1. The summed E-state index contributed by atoms with van der Waals surface area (Å²) in [5.41, 5.74) is 0.859. The van der Waals surface area contributed by atoms with Gasteiger partial charge in [-0.15, -0.1) is 0 Å². The molecule has 4 rings (SSSR count). The Morgan fingerprint density at radius 3 is 2.87 bits per heavy atom. The van der Waals surface area contributed by atoms with Crippen molar-refractivity contribution in [1.82, 2.24) is 35.2 Å². The van der Waals surface area contributed by atoms with Crippen molar-refractivity contribution in [3.05, 3.63) is 36.7 Å². The van der Waals surface area contributed by atoms with Crippen molar-refractivity contribution >= 4 is 5.95 Å². The van der Waals surface area contributed by atoms with Crippen molar-refractivity contribution in [3.8, 4) is 11.4 Å². The Morgan fingerprint density at radius 1 is 1.22 bits per heavy atom. The van der Waals surface area contributed by atoms with Crippen LogP contribution in [0.2, 0.25) is 0 Å². The summed E-state index contributed by atoms with van der Waals surface area (Å²) in [6.07, 6.45) is 4.98. The first-order valence-corrected chi connectivity index (χ1v) is 7.44. The maximum Gasteiger partial charge on any atom is 0.241 e. The molecule has 9 heteroatoms. The average molecular weight is 312 g/mol. The van der Waals surface area contributed by atoms with E-state index in [9.17, 15) is 0 Å². The summed E-state index contributed by atoms with van der Waals surface area (Å²) in [7, 11) is 0. The van der Waals surface area contributed by atoms with Crippen molar-refractivity contribution < 1.29 is 4.52 Å². The van der Waals surface area contributed by atoms with Crippen molar-refractivity contribution in [2.24, 2.45) is 0 Å². The van der Waals surface area contributed by atoms with E-state index in [0.29, 0.717) is 18.3 Å². The predicted octanol–water partition coefficient (Wildman–Crippen LogP) is 0.572. The van der Waals surface area contributed by atoms with Gasteiger partial charge >= 0.3 is 0 Å². The molecular formula is C14H16N8O. The third kappa shape index (κ3) is 3.04. The van der Waals surface area contributed by atoms with Gasteiger partial charge in [-0.1, -0.05) is 5.16 Å². The molecule has 1 aliphatic heterocycles. The Morgan fingerprint density at radius 2 is 2.13 bits per heavy atom. The van der Waals surface area contributed by atoms with Gasteiger partial charge in [-0.25, -0.2) is 5.10 Å². The van der Waals surface area contributed by atoms with Crippen LogP contribution >= 0.6 is 0 Å². The smallest absolute Gasteiger partial charge is 0.241 e. The van der Waals surface area contributed by atoms with E-state index in [2.05, 4.69) is 40.1 Å². The highest BCUT2D eigenvalue weighted by atomic mass is 16.5. The predicted molar refractivity (Wildman–Crippen MR) is 81.4 cm³/mol. The lowest BCUT2D eigenvalue weighted by molar-refractivity contribution is 0.215. The molecule has 0 amide bonds. The van der Waals surface area contributed by atoms with Gasteiger partial charge in [0.1, 0.15) is 6.33 Å². The first-order chi connectivity index (χ1) is 11.4. The van der Waals surface area contributed by atoms with Gasteiger partial charge in [-0.3, -0.25) is 9.88 Å². The van der Waals surface area contributed by atoms with E-state index < -0.39 is 0 Å². The van der Waals surface area contributed by atoms with Crippen LogP contribution in [-0.4, -0.2) is 61.4 Å². The Kier molecular flexibility index (Phi) is 3.68. The number of rotatable bonds is 4. The van der Waals surface area contributed by atoms with E-state index in [4.69, 9.17) is 4.52 Å². The zero-order chi connectivity index (χ0) is 15.5. The number of H-pyrrole nitrogens is 1. The molecule has 3 aromatic heterocycles. The fourth-order valence-electron chi connectivity index (χ4n) is 2.59. The second-order valence-corrected chi connectivity index (χ2v) is 5.33. The van der Waals surface area contributed by atoms with Crippen molar-refractivity contribution in [3.63, 3.8) is 0 Å². The van der Waals surface area contributed by atoms with Crippen LogP contribution in [0.25, 0.3) is 11.4 Å². The molecule has 1 fully saturated rings. The molecule has 1 N–H and O–H groups in total. The molecule has 0 unspecified atom stereocenters. The largest absolute Gasteiger partial charge is 0.339 e. The zero-order valence-corrected chi connectivity index (χ0v) is 12.5. The first kappa shape index (κ1) is 13.8. The lowest BCUT2D eigenvalue weighted by Crippen LogP contribution is -2.46. The minimum atomic E-state index is 0.577. The van der Waals surface area contributed by atoms with Crippen molar-refractivity contribution in [1.29, 1.82) is 0 Å². The van der Waals surface area contributed by atoms with Crippen LogP contribution in [0, 0.1) is 0 Å². The number of aromatic nitrogens is 6. The second-order valence-electron chi connectivity index (χ2n) is 5.33. The molecule has 118 valence electrons. The number of nitrogens with one attached hydrogen (secondary N) is 1. The van der Waals surface area contributed by atoms with Crippen LogP contribution < -0.4 is 4.90 Å². The molecule has 0 saturated carbocycles. The summed E-state index contributed by atoms with van der Waals surface area (Å²) in [6.45, 7) is 4.24. The summed E-state index contributed by atoms with van der Waals surface area (Å²) in [5, 5.41) is 10.8. The third-order valence-electron chi connectivity index (χ3n) is 3.82. The van der Waals surface area contributed by atoms with Crippen LogP contribution in [0.15, 0.2) is 35.4 Å². The summed E-state index contributed by atoms with van der Waals surface area (Å²) in [4.78, 5) is 17.2. The fourth-order valence-corrected chi connectivity index (χ4v) is 2.59. The monoisotopic (exact) mass is 312 g/mol. The highest BCUT2D eigenvalue weighted by molar-refractivity contribution is 5.51. The van der Waals surface area contributed by atoms with Crippen LogP contribution in [0.4, 0.5) is 5.95 Å². The number of anilines is 1. The topological polar surface area (TPSA) is 99.9 Å². The van der Waals surface area contributed by atoms with E-state index in [1.54, 1.807) is 12.4 Å². The van der Waals surface area contributed by atoms with E-state index in [1.165, 1.54) is 6.33 Å². The summed E-state index contributed by atoms with van der Waals surface area (Å²) >= 11 is 0. The Balaban J connectivity index is 1.36. The number of aromatic amines is 1. The minimum Gasteiger partial charge on any atom is -0.339 e. The zero-order valence-electron chi connectivity index (χ0n) is 12.5. The molecule has 9 nitrogen and oxygen atoms in total. The second kappa shape index (κ2) is 6.13. The van der Waals surface area contributed by atoms with E-state index >= 15 is 0 Å². The Hall–Kier alpha value is -2.81. The molecule has 0 bridgehead atoms. The average Bonchev–Trinajstić information content (AvgIpc) is 3.28. The molecule has 23 heavy (non-hydrogen) atoms. The molecule has 0 aromatic carbocycles. The van der Waals surface area contributed by atoms with Crippen molar-refractivity contribution in [2.45, 2.75) is 6.54 Å². The van der Waals surface area contributed by atoms with E-state index in [1.807, 2.05) is 12.1 Å². The molecule has 1 saturated heterocycles. The van der Waals surface area contributed by atoms with Gasteiger partial charge in [0.2, 0.25) is 17.7 Å². The van der Waals surface area contributed by atoms with Crippen molar-refractivity contribution in [2.75, 3.05) is 31.1 Å². The van der Waals surface area contributed by atoms with Gasteiger partial charge in [-0.05, 0) is 12.1 Å². The Labute approximate surface area is 132 Å². The van der Waals surface area contributed by atoms with E-state index in [-0.39, 0.29) is 0 Å². The highest BCUT2D eigenvalue weighted by Gasteiger charge is 2.20. The van der Waals surface area contributed by atoms with Crippen LogP contribution in [0.3, 0.4) is 0 Å². The quantitative estimate of drug-likeness (QED) is 0.746. The van der Waals surface area contributed by atoms with Gasteiger partial charge < -0.3 is 9.42 Å². The van der Waals surface area contributed by atoms with E-state index in [0.717, 1.165) is 37.7 Å². The van der Waals surface area contributed by atoms with Gasteiger partial charge in [0.05, 0.1) is 6.54 Å². The van der Waals surface area contributed by atoms with Gasteiger partial charge in [0, 0.05) is 44.1 Å². The number of pyridine rings is 1. The molecule has 0 atom stereocenters.